The molecular weight excluding hydrogens is 338 g/mol. The van der Waals surface area contributed by atoms with Gasteiger partial charge in [0.1, 0.15) is 6.04 Å². The number of hydrogen-bond acceptors (Lipinski definition) is 6. The van der Waals surface area contributed by atoms with Gasteiger partial charge in [-0.2, -0.15) is 0 Å². The van der Waals surface area contributed by atoms with E-state index in [0.29, 0.717) is 0 Å². The number of methoxy groups -OCH3 is 1. The smallest absolute Gasteiger partial charge is 0.328 e. The molecule has 0 bridgehead atoms. The second-order valence-corrected chi connectivity index (χ2v) is 5.72. The van der Waals surface area contributed by atoms with Crippen LogP contribution in [0.2, 0.25) is 0 Å². The Hall–Kier alpha value is -3.35. The molecule has 2 aromatic carbocycles. The summed E-state index contributed by atoms with van der Waals surface area (Å²) in [5.74, 6) is -2.75. The van der Waals surface area contributed by atoms with Crippen LogP contribution in [0.25, 0.3) is 0 Å². The van der Waals surface area contributed by atoms with Crippen LogP contribution in [-0.2, 0) is 16.0 Å². The minimum absolute atomic E-state index is 0.0399. The average Bonchev–Trinajstić information content (AvgIpc) is 2.72. The van der Waals surface area contributed by atoms with Crippen LogP contribution in [0.15, 0.2) is 47.3 Å². The summed E-state index contributed by atoms with van der Waals surface area (Å²) in [5.41, 5.74) is 0.0596. The first-order chi connectivity index (χ1) is 12.3. The molecule has 136 valence electrons. The molecule has 0 aliphatic carbocycles. The van der Waals surface area contributed by atoms with Crippen molar-refractivity contribution in [3.8, 4) is 11.5 Å². The normalized spacial score (nSPS) is 11.5. The SMILES string of the molecule is COC(=O)[C@H](Cc1ccccc1)NC(=O)c1cc(O)c(=O)c(O)cc1C. The summed E-state index contributed by atoms with van der Waals surface area (Å²) in [5, 5.41) is 21.8. The summed E-state index contributed by atoms with van der Waals surface area (Å²) in [7, 11) is 1.22. The van der Waals surface area contributed by atoms with Crippen LogP contribution in [0.4, 0.5) is 0 Å². The van der Waals surface area contributed by atoms with Gasteiger partial charge < -0.3 is 20.3 Å². The monoisotopic (exact) mass is 357 g/mol. The Bertz CT molecular complexity index is 879. The fourth-order valence-corrected chi connectivity index (χ4v) is 2.46. The van der Waals surface area contributed by atoms with Gasteiger partial charge in [0.15, 0.2) is 11.5 Å². The molecule has 0 aromatic heterocycles. The van der Waals surface area contributed by atoms with Gasteiger partial charge in [0.2, 0.25) is 0 Å². The lowest BCUT2D eigenvalue weighted by Crippen LogP contribution is -2.43. The standard InChI is InChI=1S/C19H19NO6/c1-11-8-15(21)17(23)16(22)10-13(11)18(24)20-14(19(25)26-2)9-12-6-4-3-5-7-12/h3-8,10,14H,9H2,1-2H3,(H,20,24)(H2,21,22,23)/t14-/m0/s1. The lowest BCUT2D eigenvalue weighted by Gasteiger charge is -2.17. The zero-order chi connectivity index (χ0) is 19.3. The number of carbonyl (C=O) groups excluding carboxylic acids is 2. The number of aromatic hydroxyl groups is 2. The molecule has 0 aliphatic heterocycles. The van der Waals surface area contributed by atoms with Gasteiger partial charge in [-0.05, 0) is 30.2 Å². The minimum atomic E-state index is -0.985. The molecule has 7 nitrogen and oxygen atoms in total. The van der Waals surface area contributed by atoms with Crippen molar-refractivity contribution in [2.45, 2.75) is 19.4 Å². The largest absolute Gasteiger partial charge is 0.504 e. The van der Waals surface area contributed by atoms with Crippen molar-refractivity contribution >= 4 is 11.9 Å². The van der Waals surface area contributed by atoms with Gasteiger partial charge in [-0.15, -0.1) is 0 Å². The molecule has 7 heteroatoms. The number of aryl methyl sites for hydroxylation is 1. The molecule has 0 radical (unpaired) electrons. The second kappa shape index (κ2) is 8.15. The molecule has 26 heavy (non-hydrogen) atoms. The average molecular weight is 357 g/mol. The molecule has 0 spiro atoms. The van der Waals surface area contributed by atoms with Crippen molar-refractivity contribution in [2.75, 3.05) is 7.11 Å². The maximum absolute atomic E-state index is 12.6. The van der Waals surface area contributed by atoms with Crippen LogP contribution in [0.5, 0.6) is 11.5 Å². The second-order valence-electron chi connectivity index (χ2n) is 5.72. The maximum Gasteiger partial charge on any atom is 0.328 e. The van der Waals surface area contributed by atoms with Crippen molar-refractivity contribution in [1.82, 2.24) is 5.32 Å². The number of hydrogen-bond donors (Lipinski definition) is 3. The van der Waals surface area contributed by atoms with Gasteiger partial charge in [0.25, 0.3) is 11.3 Å². The van der Waals surface area contributed by atoms with Crippen molar-refractivity contribution in [3.63, 3.8) is 0 Å². The third-order valence-corrected chi connectivity index (χ3v) is 3.84. The van der Waals surface area contributed by atoms with E-state index in [9.17, 15) is 24.6 Å². The van der Waals surface area contributed by atoms with Gasteiger partial charge in [0.05, 0.1) is 7.11 Å². The molecule has 0 heterocycles. The summed E-state index contributed by atoms with van der Waals surface area (Å²) < 4.78 is 4.74. The van der Waals surface area contributed by atoms with E-state index >= 15 is 0 Å². The van der Waals surface area contributed by atoms with Crippen LogP contribution < -0.4 is 10.7 Å². The van der Waals surface area contributed by atoms with Crippen LogP contribution in [0.1, 0.15) is 21.5 Å². The number of nitrogens with one attached hydrogen (secondary N) is 1. The summed E-state index contributed by atoms with van der Waals surface area (Å²) in [6.07, 6.45) is 0.210. The van der Waals surface area contributed by atoms with Crippen LogP contribution in [0.3, 0.4) is 0 Å². The molecule has 1 amide bonds. The maximum atomic E-state index is 12.6. The van der Waals surface area contributed by atoms with E-state index in [-0.39, 0.29) is 17.5 Å². The molecule has 0 unspecified atom stereocenters. The van der Waals surface area contributed by atoms with Crippen molar-refractivity contribution in [3.05, 3.63) is 69.4 Å². The number of rotatable bonds is 5. The summed E-state index contributed by atoms with van der Waals surface area (Å²) in [6.45, 7) is 1.50. The van der Waals surface area contributed by atoms with Crippen molar-refractivity contribution < 1.29 is 24.5 Å². The first kappa shape index (κ1) is 19.0. The molecule has 3 N–H and O–H groups in total. The highest BCUT2D eigenvalue weighted by Crippen LogP contribution is 2.16. The predicted molar refractivity (Wildman–Crippen MR) is 94.2 cm³/mol. The Morgan fingerprint density at radius 2 is 1.73 bits per heavy atom. The molecule has 0 aliphatic rings. The van der Waals surface area contributed by atoms with E-state index < -0.39 is 34.8 Å². The molecule has 0 saturated carbocycles. The zero-order valence-electron chi connectivity index (χ0n) is 14.4. The molecular formula is C19H19NO6. The topological polar surface area (TPSA) is 113 Å². The van der Waals surface area contributed by atoms with E-state index in [2.05, 4.69) is 5.32 Å². The van der Waals surface area contributed by atoms with Crippen LogP contribution in [-0.4, -0.2) is 35.2 Å². The quantitative estimate of drug-likeness (QED) is 0.695. The lowest BCUT2D eigenvalue weighted by molar-refractivity contribution is -0.142. The van der Waals surface area contributed by atoms with Gasteiger partial charge in [-0.25, -0.2) is 4.79 Å². The third kappa shape index (κ3) is 4.38. The number of amides is 1. The fraction of sp³-hybridized carbons (Fsp3) is 0.211. The highest BCUT2D eigenvalue weighted by Gasteiger charge is 2.23. The number of esters is 1. The molecule has 2 rings (SSSR count). The van der Waals surface area contributed by atoms with Crippen LogP contribution in [0, 0.1) is 6.92 Å². The first-order valence-electron chi connectivity index (χ1n) is 7.83. The lowest BCUT2D eigenvalue weighted by atomic mass is 10.0. The van der Waals surface area contributed by atoms with E-state index in [4.69, 9.17) is 4.74 Å². The Labute approximate surface area is 149 Å². The Kier molecular flexibility index (Phi) is 5.95. The van der Waals surface area contributed by atoms with E-state index in [1.54, 1.807) is 0 Å². The van der Waals surface area contributed by atoms with Gasteiger partial charge in [0, 0.05) is 12.0 Å². The highest BCUT2D eigenvalue weighted by atomic mass is 16.5. The third-order valence-electron chi connectivity index (χ3n) is 3.84. The number of benzene rings is 1. The Morgan fingerprint density at radius 1 is 1.12 bits per heavy atom. The zero-order valence-corrected chi connectivity index (χ0v) is 14.4. The predicted octanol–water partition coefficient (Wildman–Crippen LogP) is 1.28. The Balaban J connectivity index is 2.33. The molecule has 1 atom stereocenters. The fourth-order valence-electron chi connectivity index (χ4n) is 2.46. The van der Waals surface area contributed by atoms with Gasteiger partial charge in [-0.3, -0.25) is 9.59 Å². The van der Waals surface area contributed by atoms with Gasteiger partial charge in [-0.1, -0.05) is 30.3 Å². The summed E-state index contributed by atoms with van der Waals surface area (Å²) in [4.78, 5) is 36.2. The van der Waals surface area contributed by atoms with E-state index in [1.807, 2.05) is 30.3 Å². The van der Waals surface area contributed by atoms with Crippen molar-refractivity contribution in [1.29, 1.82) is 0 Å². The first-order valence-corrected chi connectivity index (χ1v) is 7.83. The van der Waals surface area contributed by atoms with E-state index in [1.165, 1.54) is 14.0 Å². The molecule has 0 saturated heterocycles. The summed E-state index contributed by atoms with van der Waals surface area (Å²) >= 11 is 0. The summed E-state index contributed by atoms with van der Waals surface area (Å²) in [6, 6.07) is 10.2. The Morgan fingerprint density at radius 3 is 2.35 bits per heavy atom. The highest BCUT2D eigenvalue weighted by molar-refractivity contribution is 5.98. The number of ether oxygens (including phenoxy) is 1. The molecule has 2 aromatic rings. The van der Waals surface area contributed by atoms with Crippen LogP contribution >= 0.6 is 0 Å². The number of carbonyl (C=O) groups is 2. The van der Waals surface area contributed by atoms with Crippen molar-refractivity contribution in [2.24, 2.45) is 0 Å². The molecule has 0 fully saturated rings. The van der Waals surface area contributed by atoms with E-state index in [0.717, 1.165) is 17.7 Å². The minimum Gasteiger partial charge on any atom is -0.504 e. The van der Waals surface area contributed by atoms with Gasteiger partial charge >= 0.3 is 5.97 Å².